The molecule has 0 saturated carbocycles. The van der Waals surface area contributed by atoms with Crippen LogP contribution in [0.15, 0.2) is 60.8 Å². The van der Waals surface area contributed by atoms with Crippen molar-refractivity contribution in [1.29, 1.82) is 0 Å². The third-order valence-electron chi connectivity index (χ3n) is 15.9. The standard InChI is InChI=1S/C73H136NO8P/c1-3-5-7-9-11-13-15-17-19-21-23-25-27-29-31-33-34-35-36-38-39-41-43-45-47-49-51-53-55-57-59-61-63-65-72(75)79-69-71(70-81-83(77,78)80-68-67-74)82-73(76)66-64-62-60-58-56-54-52-50-48-46-44-42-40-37-32-30-28-26-24-22-20-18-16-14-12-10-8-6-4-2/h15-18,21-24,28,30,71H,3-14,19-20,25-27,29,31-70,74H2,1-2H3,(H,77,78)/b17-15-,18-16-,23-21-,24-22-,30-28-. The SMILES string of the molecule is CCCCCCC/C=C\C/C=C\C/C=C\CCCCCCCCCCCCCCCCC(=O)OC(COC(=O)CCCCCCCCCCCCCCCCCCCCCCC/C=C\C/C=C\CCCCCCC)COP(=O)(O)OCCN. The molecule has 0 spiro atoms. The van der Waals surface area contributed by atoms with Crippen LogP contribution in [0.3, 0.4) is 0 Å². The van der Waals surface area contributed by atoms with Gasteiger partial charge >= 0.3 is 19.8 Å². The molecule has 0 rings (SSSR count). The maximum atomic E-state index is 12.8. The summed E-state index contributed by atoms with van der Waals surface area (Å²) >= 11 is 0. The van der Waals surface area contributed by atoms with Crippen LogP contribution < -0.4 is 5.73 Å². The summed E-state index contributed by atoms with van der Waals surface area (Å²) in [7, 11) is -4.39. The van der Waals surface area contributed by atoms with E-state index in [9.17, 15) is 19.0 Å². The van der Waals surface area contributed by atoms with Crippen LogP contribution in [0.25, 0.3) is 0 Å². The fraction of sp³-hybridized carbons (Fsp3) is 0.836. The Balaban J connectivity index is 3.83. The fourth-order valence-corrected chi connectivity index (χ4v) is 11.3. The van der Waals surface area contributed by atoms with Gasteiger partial charge in [-0.3, -0.25) is 18.6 Å². The van der Waals surface area contributed by atoms with Gasteiger partial charge in [-0.25, -0.2) is 4.57 Å². The highest BCUT2D eigenvalue weighted by molar-refractivity contribution is 7.47. The summed E-state index contributed by atoms with van der Waals surface area (Å²) in [6.45, 7) is 3.78. The Morgan fingerprint density at radius 2 is 0.627 bits per heavy atom. The first-order valence-electron chi connectivity index (χ1n) is 35.8. The molecule has 0 aromatic heterocycles. The monoisotopic (exact) mass is 1190 g/mol. The Morgan fingerprint density at radius 1 is 0.361 bits per heavy atom. The predicted octanol–water partition coefficient (Wildman–Crippen LogP) is 23.4. The highest BCUT2D eigenvalue weighted by Gasteiger charge is 2.26. The van der Waals surface area contributed by atoms with Crippen molar-refractivity contribution < 1.29 is 37.6 Å². The zero-order valence-electron chi connectivity index (χ0n) is 54.7. The maximum Gasteiger partial charge on any atom is 0.472 e. The molecule has 0 aliphatic carbocycles. The van der Waals surface area contributed by atoms with E-state index >= 15 is 0 Å². The third-order valence-corrected chi connectivity index (χ3v) is 16.9. The van der Waals surface area contributed by atoms with E-state index in [1.807, 2.05) is 0 Å². The minimum atomic E-state index is -4.39. The second-order valence-electron chi connectivity index (χ2n) is 24.1. The summed E-state index contributed by atoms with van der Waals surface area (Å²) in [5.74, 6) is -0.811. The Labute approximate surface area is 514 Å². The molecule has 10 heteroatoms. The number of phosphoric ester groups is 1. The van der Waals surface area contributed by atoms with Crippen molar-refractivity contribution in [2.24, 2.45) is 5.73 Å². The van der Waals surface area contributed by atoms with E-state index in [-0.39, 0.29) is 38.6 Å². The van der Waals surface area contributed by atoms with E-state index in [2.05, 4.69) is 74.6 Å². The lowest BCUT2D eigenvalue weighted by atomic mass is 10.0. The van der Waals surface area contributed by atoms with Crippen molar-refractivity contribution in [3.05, 3.63) is 60.8 Å². The predicted molar refractivity (Wildman–Crippen MR) is 358 cm³/mol. The Bertz CT molecular complexity index is 1540. The molecule has 2 atom stereocenters. The van der Waals surface area contributed by atoms with Crippen molar-refractivity contribution in [3.63, 3.8) is 0 Å². The lowest BCUT2D eigenvalue weighted by molar-refractivity contribution is -0.161. The molecule has 0 radical (unpaired) electrons. The number of phosphoric acid groups is 1. The van der Waals surface area contributed by atoms with Gasteiger partial charge in [0.15, 0.2) is 6.10 Å². The first kappa shape index (κ1) is 80.7. The molecule has 0 aromatic carbocycles. The van der Waals surface area contributed by atoms with Crippen molar-refractivity contribution in [3.8, 4) is 0 Å². The first-order valence-corrected chi connectivity index (χ1v) is 37.3. The van der Waals surface area contributed by atoms with Crippen LogP contribution in [0, 0.1) is 0 Å². The second kappa shape index (κ2) is 68.8. The van der Waals surface area contributed by atoms with Gasteiger partial charge < -0.3 is 20.1 Å². The minimum absolute atomic E-state index is 0.0538. The van der Waals surface area contributed by atoms with Gasteiger partial charge in [0, 0.05) is 19.4 Å². The Hall–Kier alpha value is -2.29. The molecule has 486 valence electrons. The number of esters is 2. The third kappa shape index (κ3) is 68.7. The zero-order valence-corrected chi connectivity index (χ0v) is 55.6. The van der Waals surface area contributed by atoms with Crippen LogP contribution in [0.2, 0.25) is 0 Å². The van der Waals surface area contributed by atoms with E-state index in [0.717, 1.165) is 57.8 Å². The molecular weight excluding hydrogens is 1050 g/mol. The van der Waals surface area contributed by atoms with Gasteiger partial charge in [-0.15, -0.1) is 0 Å². The number of unbranched alkanes of at least 4 members (excludes halogenated alkanes) is 45. The molecule has 0 aliphatic heterocycles. The molecule has 0 bridgehead atoms. The highest BCUT2D eigenvalue weighted by Crippen LogP contribution is 2.43. The van der Waals surface area contributed by atoms with E-state index in [1.54, 1.807) is 0 Å². The van der Waals surface area contributed by atoms with E-state index in [1.165, 1.54) is 270 Å². The summed E-state index contributed by atoms with van der Waals surface area (Å²) in [4.78, 5) is 35.4. The topological polar surface area (TPSA) is 134 Å². The van der Waals surface area contributed by atoms with Gasteiger partial charge in [-0.1, -0.05) is 325 Å². The van der Waals surface area contributed by atoms with Crippen LogP contribution in [-0.4, -0.2) is 49.3 Å². The number of rotatable bonds is 68. The van der Waals surface area contributed by atoms with Crippen LogP contribution in [-0.2, 0) is 32.7 Å². The van der Waals surface area contributed by atoms with Crippen molar-refractivity contribution >= 4 is 19.8 Å². The molecule has 3 N–H and O–H groups in total. The average molecular weight is 1190 g/mol. The number of ether oxygens (including phenoxy) is 2. The molecule has 2 unspecified atom stereocenters. The molecule has 0 amide bonds. The summed E-state index contributed by atoms with van der Waals surface area (Å²) in [5.41, 5.74) is 5.40. The van der Waals surface area contributed by atoms with Crippen LogP contribution in [0.5, 0.6) is 0 Å². The van der Waals surface area contributed by atoms with Crippen molar-refractivity contribution in [2.45, 2.75) is 367 Å². The van der Waals surface area contributed by atoms with Gasteiger partial charge in [0.1, 0.15) is 6.61 Å². The van der Waals surface area contributed by atoms with Crippen LogP contribution >= 0.6 is 7.82 Å². The number of carbonyl (C=O) groups excluding carboxylic acids is 2. The van der Waals surface area contributed by atoms with Gasteiger partial charge in [0.05, 0.1) is 13.2 Å². The zero-order chi connectivity index (χ0) is 60.1. The summed E-state index contributed by atoms with van der Waals surface area (Å²) < 4.78 is 33.2. The normalized spacial score (nSPS) is 13.3. The molecule has 0 aromatic rings. The number of allylic oxidation sites excluding steroid dienone is 10. The molecule has 83 heavy (non-hydrogen) atoms. The summed E-state index contributed by atoms with van der Waals surface area (Å²) in [5, 5.41) is 0. The number of nitrogens with two attached hydrogens (primary N) is 1. The van der Waals surface area contributed by atoms with Gasteiger partial charge in [-0.05, 0) is 83.5 Å². The molecule has 0 heterocycles. The number of carbonyl (C=O) groups is 2. The largest absolute Gasteiger partial charge is 0.472 e. The molecule has 0 aliphatic rings. The molecule has 9 nitrogen and oxygen atoms in total. The average Bonchev–Trinajstić information content (AvgIpc) is 3.49. The van der Waals surface area contributed by atoms with E-state index in [4.69, 9.17) is 24.3 Å². The maximum absolute atomic E-state index is 12.8. The van der Waals surface area contributed by atoms with Crippen LogP contribution in [0.1, 0.15) is 361 Å². The van der Waals surface area contributed by atoms with Gasteiger partial charge in [0.25, 0.3) is 0 Å². The smallest absolute Gasteiger partial charge is 0.462 e. The van der Waals surface area contributed by atoms with Crippen LogP contribution in [0.4, 0.5) is 0 Å². The number of hydrogen-bond acceptors (Lipinski definition) is 8. The van der Waals surface area contributed by atoms with E-state index < -0.39 is 26.5 Å². The van der Waals surface area contributed by atoms with Gasteiger partial charge in [-0.2, -0.15) is 0 Å². The Morgan fingerprint density at radius 3 is 0.928 bits per heavy atom. The summed E-state index contributed by atoms with van der Waals surface area (Å²) in [6, 6.07) is 0. The summed E-state index contributed by atoms with van der Waals surface area (Å²) in [6.07, 6.45) is 88.9. The quantitative estimate of drug-likeness (QED) is 0.0264. The van der Waals surface area contributed by atoms with Crippen molar-refractivity contribution in [1.82, 2.24) is 0 Å². The first-order chi connectivity index (χ1) is 40.8. The molecule has 0 saturated heterocycles. The highest BCUT2D eigenvalue weighted by atomic mass is 31.2. The lowest BCUT2D eigenvalue weighted by Gasteiger charge is -2.19. The second-order valence-corrected chi connectivity index (χ2v) is 25.6. The molecule has 0 fully saturated rings. The fourth-order valence-electron chi connectivity index (χ4n) is 10.6. The Kier molecular flexibility index (Phi) is 66.9. The molecular formula is C73H136NO8P. The van der Waals surface area contributed by atoms with E-state index in [0.29, 0.717) is 6.42 Å². The minimum Gasteiger partial charge on any atom is -0.462 e. The van der Waals surface area contributed by atoms with Gasteiger partial charge in [0.2, 0.25) is 0 Å². The van der Waals surface area contributed by atoms with Crippen molar-refractivity contribution in [2.75, 3.05) is 26.4 Å². The number of hydrogen-bond donors (Lipinski definition) is 2. The lowest BCUT2D eigenvalue weighted by Crippen LogP contribution is -2.29.